The molecule has 1 fully saturated rings. The lowest BCUT2D eigenvalue weighted by Crippen LogP contribution is -2.28. The molecule has 1 aromatic rings. The van der Waals surface area contributed by atoms with Crippen LogP contribution in [0, 0.1) is 0 Å². The molecule has 1 saturated heterocycles. The highest BCUT2D eigenvalue weighted by atomic mass is 15.2. The number of nitrogens with one attached hydrogen (secondary N) is 1. The van der Waals surface area contributed by atoms with Crippen LogP contribution in [0.15, 0.2) is 12.4 Å². The van der Waals surface area contributed by atoms with Crippen LogP contribution in [-0.2, 0) is 6.54 Å². The van der Waals surface area contributed by atoms with E-state index < -0.39 is 0 Å². The van der Waals surface area contributed by atoms with E-state index in [1.54, 1.807) is 0 Å². The summed E-state index contributed by atoms with van der Waals surface area (Å²) in [5, 5.41) is 3.38. The van der Waals surface area contributed by atoms with E-state index in [1.165, 1.54) is 32.1 Å². The molecule has 0 radical (unpaired) electrons. The molecule has 1 aliphatic heterocycles. The van der Waals surface area contributed by atoms with Crippen molar-refractivity contribution >= 4 is 5.82 Å². The van der Waals surface area contributed by atoms with Crippen LogP contribution in [0.2, 0.25) is 0 Å². The van der Waals surface area contributed by atoms with Gasteiger partial charge in [0, 0.05) is 25.8 Å². The molecule has 2 rings (SSSR count). The van der Waals surface area contributed by atoms with Crippen molar-refractivity contribution in [2.24, 2.45) is 0 Å². The molecule has 4 nitrogen and oxygen atoms in total. The Balaban J connectivity index is 1.95. The molecule has 2 heterocycles. The second kappa shape index (κ2) is 8.10. The summed E-state index contributed by atoms with van der Waals surface area (Å²) in [5.74, 6) is 1.05. The summed E-state index contributed by atoms with van der Waals surface area (Å²) in [6, 6.07) is 0. The van der Waals surface area contributed by atoms with Crippen LogP contribution in [0.4, 0.5) is 5.82 Å². The lowest BCUT2D eigenvalue weighted by Gasteiger charge is -2.25. The molecule has 1 N–H and O–H groups in total. The Morgan fingerprint density at radius 3 is 2.58 bits per heavy atom. The van der Waals surface area contributed by atoms with Gasteiger partial charge in [0.25, 0.3) is 0 Å². The zero-order valence-electron chi connectivity index (χ0n) is 12.1. The molecule has 0 atom stereocenters. The van der Waals surface area contributed by atoms with E-state index in [9.17, 15) is 0 Å². The van der Waals surface area contributed by atoms with Gasteiger partial charge in [-0.15, -0.1) is 0 Å². The highest BCUT2D eigenvalue weighted by Crippen LogP contribution is 2.16. The molecular weight excluding hydrogens is 236 g/mol. The predicted octanol–water partition coefficient (Wildman–Crippen LogP) is 2.75. The third kappa shape index (κ3) is 4.78. The van der Waals surface area contributed by atoms with E-state index in [-0.39, 0.29) is 0 Å². The summed E-state index contributed by atoms with van der Waals surface area (Å²) in [6.45, 7) is 6.29. The zero-order chi connectivity index (χ0) is 13.3. The van der Waals surface area contributed by atoms with Gasteiger partial charge in [0.15, 0.2) is 0 Å². The lowest BCUT2D eigenvalue weighted by atomic mass is 10.1. The number of hydrogen-bond donors (Lipinski definition) is 1. The summed E-state index contributed by atoms with van der Waals surface area (Å²) in [6.07, 6.45) is 11.6. The van der Waals surface area contributed by atoms with Crippen LogP contribution in [0.25, 0.3) is 0 Å². The summed E-state index contributed by atoms with van der Waals surface area (Å²) >= 11 is 0. The number of aromatic nitrogens is 2. The molecule has 0 saturated carbocycles. The second-order valence-electron chi connectivity index (χ2n) is 5.30. The maximum atomic E-state index is 4.74. The Morgan fingerprint density at radius 1 is 1.11 bits per heavy atom. The molecule has 0 aromatic carbocycles. The van der Waals surface area contributed by atoms with E-state index in [4.69, 9.17) is 4.98 Å². The van der Waals surface area contributed by atoms with Gasteiger partial charge >= 0.3 is 0 Å². The van der Waals surface area contributed by atoms with Crippen molar-refractivity contribution < 1.29 is 0 Å². The van der Waals surface area contributed by atoms with Crippen molar-refractivity contribution in [2.45, 2.75) is 52.0 Å². The van der Waals surface area contributed by atoms with Crippen molar-refractivity contribution in [3.05, 3.63) is 18.1 Å². The monoisotopic (exact) mass is 262 g/mol. The Kier molecular flexibility index (Phi) is 6.08. The SMILES string of the molecule is CCCNCc1cncc(N2CCCCCCC2)n1. The van der Waals surface area contributed by atoms with Crippen LogP contribution in [-0.4, -0.2) is 29.6 Å². The van der Waals surface area contributed by atoms with Gasteiger partial charge in [0.05, 0.1) is 11.9 Å². The summed E-state index contributed by atoms with van der Waals surface area (Å²) < 4.78 is 0. The summed E-state index contributed by atoms with van der Waals surface area (Å²) in [4.78, 5) is 11.5. The van der Waals surface area contributed by atoms with Crippen molar-refractivity contribution in [1.82, 2.24) is 15.3 Å². The summed E-state index contributed by atoms with van der Waals surface area (Å²) in [7, 11) is 0. The van der Waals surface area contributed by atoms with Gasteiger partial charge in [-0.3, -0.25) is 4.98 Å². The van der Waals surface area contributed by atoms with Crippen LogP contribution in [0.3, 0.4) is 0 Å². The first kappa shape index (κ1) is 14.3. The van der Waals surface area contributed by atoms with Gasteiger partial charge in [0.1, 0.15) is 5.82 Å². The van der Waals surface area contributed by atoms with Crippen LogP contribution >= 0.6 is 0 Å². The fraction of sp³-hybridized carbons (Fsp3) is 0.733. The lowest BCUT2D eigenvalue weighted by molar-refractivity contribution is 0.552. The normalized spacial score (nSPS) is 17.0. The van der Waals surface area contributed by atoms with Gasteiger partial charge in [-0.1, -0.05) is 26.2 Å². The second-order valence-corrected chi connectivity index (χ2v) is 5.30. The minimum Gasteiger partial charge on any atom is -0.355 e. The maximum Gasteiger partial charge on any atom is 0.147 e. The Hall–Kier alpha value is -1.16. The fourth-order valence-electron chi connectivity index (χ4n) is 2.50. The number of hydrogen-bond acceptors (Lipinski definition) is 4. The zero-order valence-corrected chi connectivity index (χ0v) is 12.1. The van der Waals surface area contributed by atoms with Crippen molar-refractivity contribution in [3.8, 4) is 0 Å². The molecular formula is C15H26N4. The Morgan fingerprint density at radius 2 is 1.84 bits per heavy atom. The molecule has 0 amide bonds. The highest BCUT2D eigenvalue weighted by Gasteiger charge is 2.11. The quantitative estimate of drug-likeness (QED) is 0.828. The topological polar surface area (TPSA) is 41.1 Å². The molecule has 1 aromatic heterocycles. The van der Waals surface area contributed by atoms with E-state index >= 15 is 0 Å². The van der Waals surface area contributed by atoms with Crippen LogP contribution < -0.4 is 10.2 Å². The van der Waals surface area contributed by atoms with Crippen molar-refractivity contribution in [2.75, 3.05) is 24.5 Å². The van der Waals surface area contributed by atoms with Crippen LogP contribution in [0.1, 0.15) is 51.1 Å². The number of anilines is 1. The molecule has 0 unspecified atom stereocenters. The molecule has 0 aliphatic carbocycles. The average Bonchev–Trinajstić information content (AvgIpc) is 2.39. The summed E-state index contributed by atoms with van der Waals surface area (Å²) in [5.41, 5.74) is 1.05. The third-order valence-corrected chi connectivity index (χ3v) is 3.58. The number of nitrogens with zero attached hydrogens (tertiary/aromatic N) is 3. The van der Waals surface area contributed by atoms with Gasteiger partial charge < -0.3 is 10.2 Å². The molecule has 0 bridgehead atoms. The van der Waals surface area contributed by atoms with E-state index in [0.717, 1.165) is 44.1 Å². The maximum absolute atomic E-state index is 4.74. The Bertz CT molecular complexity index is 359. The first-order chi connectivity index (χ1) is 9.40. The molecule has 4 heteroatoms. The van der Waals surface area contributed by atoms with E-state index in [0.29, 0.717) is 0 Å². The standard InChI is InChI=1S/C15H26N4/c1-2-8-16-11-14-12-17-13-15(18-14)19-9-6-4-3-5-7-10-19/h12-13,16H,2-11H2,1H3. The molecule has 0 spiro atoms. The first-order valence-corrected chi connectivity index (χ1v) is 7.66. The molecule has 19 heavy (non-hydrogen) atoms. The fourth-order valence-corrected chi connectivity index (χ4v) is 2.50. The van der Waals surface area contributed by atoms with Gasteiger partial charge in [-0.2, -0.15) is 0 Å². The minimum absolute atomic E-state index is 0.822. The van der Waals surface area contributed by atoms with Crippen LogP contribution in [0.5, 0.6) is 0 Å². The van der Waals surface area contributed by atoms with Crippen molar-refractivity contribution in [1.29, 1.82) is 0 Å². The highest BCUT2D eigenvalue weighted by molar-refractivity contribution is 5.36. The van der Waals surface area contributed by atoms with Gasteiger partial charge in [0.2, 0.25) is 0 Å². The van der Waals surface area contributed by atoms with Gasteiger partial charge in [-0.25, -0.2) is 4.98 Å². The van der Waals surface area contributed by atoms with Crippen molar-refractivity contribution in [3.63, 3.8) is 0 Å². The first-order valence-electron chi connectivity index (χ1n) is 7.66. The minimum atomic E-state index is 0.822. The Labute approximate surface area is 116 Å². The van der Waals surface area contributed by atoms with E-state index in [1.807, 2.05) is 12.4 Å². The molecule has 1 aliphatic rings. The smallest absolute Gasteiger partial charge is 0.147 e. The third-order valence-electron chi connectivity index (χ3n) is 3.58. The van der Waals surface area contributed by atoms with E-state index in [2.05, 4.69) is 22.1 Å². The van der Waals surface area contributed by atoms with Gasteiger partial charge in [-0.05, 0) is 25.8 Å². The largest absolute Gasteiger partial charge is 0.355 e. The predicted molar refractivity (Wildman–Crippen MR) is 79.3 cm³/mol. The molecule has 106 valence electrons. The average molecular weight is 262 g/mol. The number of rotatable bonds is 5.